The van der Waals surface area contributed by atoms with Crippen molar-refractivity contribution in [3.8, 4) is 17.0 Å². The number of ether oxygens (including phenoxy) is 2. The van der Waals surface area contributed by atoms with Crippen molar-refractivity contribution in [1.82, 2.24) is 15.3 Å². The standard InChI is InChI=1S/C18H18ClN3O3S/c1-11(7-24-2)22-15(23)8-25-17-16-14(9-26-18(16)21-10-20-17)12-3-5-13(19)6-4-12/h3-6,9-11H,7-8H2,1-2H3,(H,22,23)/t11-/m0/s1. The summed E-state index contributed by atoms with van der Waals surface area (Å²) in [5, 5.41) is 6.26. The highest BCUT2D eigenvalue weighted by atomic mass is 35.5. The van der Waals surface area contributed by atoms with Crippen LogP contribution in [0.3, 0.4) is 0 Å². The third-order valence-electron chi connectivity index (χ3n) is 3.65. The molecule has 0 aliphatic heterocycles. The third kappa shape index (κ3) is 4.30. The lowest BCUT2D eigenvalue weighted by Crippen LogP contribution is -2.38. The van der Waals surface area contributed by atoms with Gasteiger partial charge in [-0.3, -0.25) is 4.79 Å². The maximum atomic E-state index is 12.0. The molecule has 136 valence electrons. The number of nitrogens with zero attached hydrogens (tertiary/aromatic N) is 2. The van der Waals surface area contributed by atoms with Crippen molar-refractivity contribution < 1.29 is 14.3 Å². The summed E-state index contributed by atoms with van der Waals surface area (Å²) in [6.45, 7) is 2.17. The molecule has 1 N–H and O–H groups in total. The first-order valence-corrected chi connectivity index (χ1v) is 9.23. The number of rotatable bonds is 7. The number of amides is 1. The highest BCUT2D eigenvalue weighted by Crippen LogP contribution is 2.37. The second-order valence-corrected chi connectivity index (χ2v) is 7.02. The van der Waals surface area contributed by atoms with Gasteiger partial charge < -0.3 is 14.8 Å². The zero-order valence-corrected chi connectivity index (χ0v) is 15.9. The molecule has 0 saturated carbocycles. The molecule has 0 spiro atoms. The lowest BCUT2D eigenvalue weighted by molar-refractivity contribution is -0.124. The van der Waals surface area contributed by atoms with Gasteiger partial charge in [-0.15, -0.1) is 11.3 Å². The van der Waals surface area contributed by atoms with E-state index in [-0.39, 0.29) is 18.6 Å². The first-order chi connectivity index (χ1) is 12.6. The van der Waals surface area contributed by atoms with Gasteiger partial charge in [0.05, 0.1) is 12.0 Å². The number of nitrogens with one attached hydrogen (secondary N) is 1. The van der Waals surface area contributed by atoms with Crippen molar-refractivity contribution in [2.45, 2.75) is 13.0 Å². The minimum absolute atomic E-state index is 0.0905. The number of carbonyl (C=O) groups is 1. The number of hydrogen-bond donors (Lipinski definition) is 1. The van der Waals surface area contributed by atoms with Gasteiger partial charge >= 0.3 is 0 Å². The molecule has 0 saturated heterocycles. The number of carbonyl (C=O) groups excluding carboxylic acids is 1. The molecule has 8 heteroatoms. The molecule has 0 fully saturated rings. The Morgan fingerprint density at radius 2 is 2.08 bits per heavy atom. The first kappa shape index (κ1) is 18.6. The maximum Gasteiger partial charge on any atom is 0.258 e. The summed E-state index contributed by atoms with van der Waals surface area (Å²) >= 11 is 7.47. The fourth-order valence-electron chi connectivity index (χ4n) is 2.54. The largest absolute Gasteiger partial charge is 0.467 e. The first-order valence-electron chi connectivity index (χ1n) is 7.97. The number of halogens is 1. The molecule has 6 nitrogen and oxygen atoms in total. The number of aromatic nitrogens is 2. The van der Waals surface area contributed by atoms with E-state index in [0.717, 1.165) is 21.3 Å². The predicted octanol–water partition coefficient (Wildman–Crippen LogP) is 3.54. The van der Waals surface area contributed by atoms with Gasteiger partial charge in [0, 0.05) is 29.1 Å². The molecule has 3 aromatic rings. The van der Waals surface area contributed by atoms with Crippen LogP contribution in [0, 0.1) is 0 Å². The minimum Gasteiger partial charge on any atom is -0.467 e. The van der Waals surface area contributed by atoms with Gasteiger partial charge in [0.2, 0.25) is 5.88 Å². The fraction of sp³-hybridized carbons (Fsp3) is 0.278. The average molecular weight is 392 g/mol. The van der Waals surface area contributed by atoms with Crippen LogP contribution in [-0.4, -0.2) is 42.2 Å². The lowest BCUT2D eigenvalue weighted by Gasteiger charge is -2.13. The van der Waals surface area contributed by atoms with E-state index in [4.69, 9.17) is 21.1 Å². The van der Waals surface area contributed by atoms with Gasteiger partial charge in [-0.1, -0.05) is 23.7 Å². The smallest absolute Gasteiger partial charge is 0.258 e. The summed E-state index contributed by atoms with van der Waals surface area (Å²) in [4.78, 5) is 21.3. The van der Waals surface area contributed by atoms with Crippen LogP contribution >= 0.6 is 22.9 Å². The molecule has 3 rings (SSSR count). The molecule has 0 aliphatic rings. The molecule has 1 atom stereocenters. The van der Waals surface area contributed by atoms with Crippen molar-refractivity contribution in [1.29, 1.82) is 0 Å². The Morgan fingerprint density at radius 3 is 2.81 bits per heavy atom. The Morgan fingerprint density at radius 1 is 1.31 bits per heavy atom. The third-order valence-corrected chi connectivity index (χ3v) is 4.79. The van der Waals surface area contributed by atoms with Crippen LogP contribution < -0.4 is 10.1 Å². The van der Waals surface area contributed by atoms with E-state index < -0.39 is 0 Å². The van der Waals surface area contributed by atoms with Gasteiger partial charge in [-0.25, -0.2) is 9.97 Å². The molecular formula is C18H18ClN3O3S. The van der Waals surface area contributed by atoms with E-state index in [1.54, 1.807) is 7.11 Å². The second-order valence-electron chi connectivity index (χ2n) is 5.73. The van der Waals surface area contributed by atoms with Crippen LogP contribution in [0.15, 0.2) is 36.0 Å². The van der Waals surface area contributed by atoms with Crippen LogP contribution in [-0.2, 0) is 9.53 Å². The number of thiophene rings is 1. The van der Waals surface area contributed by atoms with E-state index >= 15 is 0 Å². The molecule has 0 bridgehead atoms. The van der Waals surface area contributed by atoms with Crippen LogP contribution in [0.4, 0.5) is 0 Å². The summed E-state index contributed by atoms with van der Waals surface area (Å²) in [5.41, 5.74) is 1.93. The van der Waals surface area contributed by atoms with E-state index in [9.17, 15) is 4.79 Å². The monoisotopic (exact) mass is 391 g/mol. The van der Waals surface area contributed by atoms with E-state index in [0.29, 0.717) is 17.5 Å². The molecule has 26 heavy (non-hydrogen) atoms. The van der Waals surface area contributed by atoms with Gasteiger partial charge in [-0.05, 0) is 24.6 Å². The summed E-state index contributed by atoms with van der Waals surface area (Å²) in [7, 11) is 1.59. The fourth-order valence-corrected chi connectivity index (χ4v) is 3.57. The maximum absolute atomic E-state index is 12.0. The number of benzene rings is 1. The molecular weight excluding hydrogens is 374 g/mol. The predicted molar refractivity (Wildman–Crippen MR) is 103 cm³/mol. The quantitative estimate of drug-likeness (QED) is 0.666. The highest BCUT2D eigenvalue weighted by Gasteiger charge is 2.16. The van der Waals surface area contributed by atoms with Crippen molar-refractivity contribution in [2.75, 3.05) is 20.3 Å². The minimum atomic E-state index is -0.232. The van der Waals surface area contributed by atoms with Gasteiger partial charge in [0.25, 0.3) is 5.91 Å². The van der Waals surface area contributed by atoms with Crippen molar-refractivity contribution in [3.63, 3.8) is 0 Å². The Hall–Kier alpha value is -2.22. The van der Waals surface area contributed by atoms with Crippen molar-refractivity contribution >= 4 is 39.1 Å². The topological polar surface area (TPSA) is 73.3 Å². The van der Waals surface area contributed by atoms with Crippen molar-refractivity contribution in [2.24, 2.45) is 0 Å². The molecule has 1 amide bonds. The summed E-state index contributed by atoms with van der Waals surface area (Å²) in [6, 6.07) is 7.43. The van der Waals surface area contributed by atoms with Crippen LogP contribution in [0.1, 0.15) is 6.92 Å². The molecule has 0 aliphatic carbocycles. The number of fused-ring (bicyclic) bond motifs is 1. The molecule has 0 unspecified atom stereocenters. The SMILES string of the molecule is COC[C@H](C)NC(=O)COc1ncnc2scc(-c3ccc(Cl)cc3)c12. The second kappa shape index (κ2) is 8.44. The Kier molecular flexibility index (Phi) is 6.03. The summed E-state index contributed by atoms with van der Waals surface area (Å²) in [6.07, 6.45) is 1.44. The zero-order chi connectivity index (χ0) is 18.5. The Labute approximate surface area is 160 Å². The lowest BCUT2D eigenvalue weighted by atomic mass is 10.1. The zero-order valence-electron chi connectivity index (χ0n) is 14.4. The highest BCUT2D eigenvalue weighted by molar-refractivity contribution is 7.17. The van der Waals surface area contributed by atoms with E-state index in [1.165, 1.54) is 17.7 Å². The van der Waals surface area contributed by atoms with E-state index in [2.05, 4.69) is 15.3 Å². The molecule has 2 aromatic heterocycles. The van der Waals surface area contributed by atoms with E-state index in [1.807, 2.05) is 36.6 Å². The normalized spacial score (nSPS) is 12.1. The summed E-state index contributed by atoms with van der Waals surface area (Å²) < 4.78 is 10.7. The molecule has 1 aromatic carbocycles. The van der Waals surface area contributed by atoms with Gasteiger partial charge in [0.15, 0.2) is 6.61 Å². The summed E-state index contributed by atoms with van der Waals surface area (Å²) in [5.74, 6) is 0.153. The number of methoxy groups -OCH3 is 1. The average Bonchev–Trinajstić information content (AvgIpc) is 3.05. The van der Waals surface area contributed by atoms with Crippen molar-refractivity contribution in [3.05, 3.63) is 41.0 Å². The Bertz CT molecular complexity index is 898. The molecule has 0 radical (unpaired) electrons. The van der Waals surface area contributed by atoms with Gasteiger partial charge in [0.1, 0.15) is 11.2 Å². The molecule has 2 heterocycles. The number of hydrogen-bond acceptors (Lipinski definition) is 6. The van der Waals surface area contributed by atoms with Crippen LogP contribution in [0.25, 0.3) is 21.3 Å². The van der Waals surface area contributed by atoms with Gasteiger partial charge in [-0.2, -0.15) is 0 Å². The van der Waals surface area contributed by atoms with Crippen LogP contribution in [0.5, 0.6) is 5.88 Å². The van der Waals surface area contributed by atoms with Crippen LogP contribution in [0.2, 0.25) is 5.02 Å². The Balaban J connectivity index is 1.81.